The van der Waals surface area contributed by atoms with Crippen LogP contribution >= 0.6 is 0 Å². The van der Waals surface area contributed by atoms with Crippen molar-refractivity contribution in [3.05, 3.63) is 52.7 Å². The van der Waals surface area contributed by atoms with E-state index in [9.17, 15) is 9.90 Å². The molecule has 0 radical (unpaired) electrons. The van der Waals surface area contributed by atoms with Gasteiger partial charge in [0.05, 0.1) is 12.3 Å². The second-order valence-electron chi connectivity index (χ2n) is 4.24. The third-order valence-corrected chi connectivity index (χ3v) is 2.78. The first-order valence-corrected chi connectivity index (χ1v) is 5.63. The summed E-state index contributed by atoms with van der Waals surface area (Å²) in [6.07, 6.45) is 3.50. The molecule has 0 fully saturated rings. The molecule has 4 heteroatoms. The van der Waals surface area contributed by atoms with Crippen molar-refractivity contribution in [1.29, 1.82) is 0 Å². The summed E-state index contributed by atoms with van der Waals surface area (Å²) in [6, 6.07) is 7.48. The van der Waals surface area contributed by atoms with E-state index in [1.54, 1.807) is 21.5 Å². The minimum Gasteiger partial charge on any atom is -0.392 e. The van der Waals surface area contributed by atoms with E-state index in [0.717, 1.165) is 11.3 Å². The van der Waals surface area contributed by atoms with Gasteiger partial charge in [-0.05, 0) is 19.9 Å². The van der Waals surface area contributed by atoms with Gasteiger partial charge in [0.25, 0.3) is 0 Å². The molecule has 0 unspecified atom stereocenters. The van der Waals surface area contributed by atoms with Gasteiger partial charge in [-0.15, -0.1) is 0 Å². The van der Waals surface area contributed by atoms with E-state index in [1.165, 1.54) is 0 Å². The van der Waals surface area contributed by atoms with Crippen molar-refractivity contribution in [3.8, 4) is 5.69 Å². The molecule has 0 amide bonds. The lowest BCUT2D eigenvalue weighted by Gasteiger charge is -2.08. The van der Waals surface area contributed by atoms with Crippen molar-refractivity contribution in [3.63, 3.8) is 0 Å². The SMILES string of the molecule is CC(C)n1ccn(-c2ccccc2CO)c1=O. The Morgan fingerprint density at radius 2 is 1.94 bits per heavy atom. The highest BCUT2D eigenvalue weighted by Crippen LogP contribution is 2.13. The summed E-state index contributed by atoms with van der Waals surface area (Å²) in [5.74, 6) is 0. The Morgan fingerprint density at radius 1 is 1.24 bits per heavy atom. The topological polar surface area (TPSA) is 47.2 Å². The molecule has 2 rings (SSSR count). The van der Waals surface area contributed by atoms with Crippen LogP contribution in [-0.4, -0.2) is 14.2 Å². The first kappa shape index (κ1) is 11.7. The number of aliphatic hydroxyl groups excluding tert-OH is 1. The summed E-state index contributed by atoms with van der Waals surface area (Å²) in [5.41, 5.74) is 1.40. The Kier molecular flexibility index (Phi) is 3.15. The summed E-state index contributed by atoms with van der Waals surface area (Å²) in [6.45, 7) is 3.85. The minimum absolute atomic E-state index is 0.0739. The molecule has 0 saturated heterocycles. The molecule has 1 aromatic heterocycles. The second kappa shape index (κ2) is 4.59. The molecule has 1 N–H and O–H groups in total. The Labute approximate surface area is 99.8 Å². The molecule has 0 aliphatic heterocycles. The first-order chi connectivity index (χ1) is 8.15. The molecule has 90 valence electrons. The normalized spacial score (nSPS) is 11.1. The standard InChI is InChI=1S/C13H16N2O2/c1-10(2)14-7-8-15(13(14)17)12-6-4-3-5-11(12)9-16/h3-8,10,16H,9H2,1-2H3. The summed E-state index contributed by atoms with van der Waals surface area (Å²) < 4.78 is 3.22. The van der Waals surface area contributed by atoms with Crippen LogP contribution in [0.2, 0.25) is 0 Å². The molecule has 0 spiro atoms. The molecule has 0 bridgehead atoms. The van der Waals surface area contributed by atoms with E-state index < -0.39 is 0 Å². The summed E-state index contributed by atoms with van der Waals surface area (Å²) >= 11 is 0. The summed E-state index contributed by atoms with van der Waals surface area (Å²) in [5, 5.41) is 9.26. The molecule has 2 aromatic rings. The molecule has 0 atom stereocenters. The lowest BCUT2D eigenvalue weighted by atomic mass is 10.2. The average molecular weight is 232 g/mol. The number of rotatable bonds is 3. The van der Waals surface area contributed by atoms with Gasteiger partial charge in [0.2, 0.25) is 0 Å². The van der Waals surface area contributed by atoms with Crippen LogP contribution in [0.4, 0.5) is 0 Å². The van der Waals surface area contributed by atoms with Crippen molar-refractivity contribution in [2.45, 2.75) is 26.5 Å². The van der Waals surface area contributed by atoms with Crippen molar-refractivity contribution in [2.24, 2.45) is 0 Å². The summed E-state index contributed by atoms with van der Waals surface area (Å²) in [4.78, 5) is 12.1. The van der Waals surface area contributed by atoms with Gasteiger partial charge in [-0.3, -0.25) is 9.13 Å². The minimum atomic E-state index is -0.0825. The fraction of sp³-hybridized carbons (Fsp3) is 0.308. The van der Waals surface area contributed by atoms with Crippen LogP contribution in [-0.2, 0) is 6.61 Å². The van der Waals surface area contributed by atoms with Gasteiger partial charge < -0.3 is 5.11 Å². The van der Waals surface area contributed by atoms with Crippen molar-refractivity contribution < 1.29 is 5.11 Å². The zero-order chi connectivity index (χ0) is 12.4. The fourth-order valence-corrected chi connectivity index (χ4v) is 1.85. The van der Waals surface area contributed by atoms with Crippen LogP contribution in [0.5, 0.6) is 0 Å². The van der Waals surface area contributed by atoms with Crippen LogP contribution in [0.3, 0.4) is 0 Å². The zero-order valence-corrected chi connectivity index (χ0v) is 10.00. The third kappa shape index (κ3) is 2.03. The fourth-order valence-electron chi connectivity index (χ4n) is 1.85. The first-order valence-electron chi connectivity index (χ1n) is 5.63. The van der Waals surface area contributed by atoms with E-state index in [0.29, 0.717) is 0 Å². The van der Waals surface area contributed by atoms with E-state index in [-0.39, 0.29) is 18.3 Å². The van der Waals surface area contributed by atoms with Crippen LogP contribution in [0.1, 0.15) is 25.5 Å². The van der Waals surface area contributed by atoms with Crippen molar-refractivity contribution in [1.82, 2.24) is 9.13 Å². The highest BCUT2D eigenvalue weighted by Gasteiger charge is 2.09. The largest absolute Gasteiger partial charge is 0.392 e. The monoisotopic (exact) mass is 232 g/mol. The molecular formula is C13H16N2O2. The molecule has 17 heavy (non-hydrogen) atoms. The van der Waals surface area contributed by atoms with Gasteiger partial charge in [-0.25, -0.2) is 4.79 Å². The number of aromatic nitrogens is 2. The second-order valence-corrected chi connectivity index (χ2v) is 4.24. The van der Waals surface area contributed by atoms with Gasteiger partial charge in [-0.1, -0.05) is 18.2 Å². The number of hydrogen-bond donors (Lipinski definition) is 1. The number of benzene rings is 1. The molecule has 0 saturated carbocycles. The Morgan fingerprint density at radius 3 is 2.53 bits per heavy atom. The quantitative estimate of drug-likeness (QED) is 0.875. The Bertz CT molecular complexity index is 567. The molecule has 0 aliphatic rings. The van der Waals surface area contributed by atoms with E-state index in [1.807, 2.05) is 38.1 Å². The third-order valence-electron chi connectivity index (χ3n) is 2.78. The molecule has 1 heterocycles. The predicted molar refractivity (Wildman–Crippen MR) is 66.3 cm³/mol. The smallest absolute Gasteiger partial charge is 0.332 e. The lowest BCUT2D eigenvalue weighted by molar-refractivity contribution is 0.281. The maximum atomic E-state index is 12.1. The van der Waals surface area contributed by atoms with Gasteiger partial charge in [0.15, 0.2) is 0 Å². The molecule has 1 aromatic carbocycles. The molecular weight excluding hydrogens is 216 g/mol. The van der Waals surface area contributed by atoms with Crippen LogP contribution in [0.15, 0.2) is 41.5 Å². The zero-order valence-electron chi connectivity index (χ0n) is 10.00. The van der Waals surface area contributed by atoms with Crippen LogP contribution in [0.25, 0.3) is 5.69 Å². The Hall–Kier alpha value is -1.81. The molecule has 0 aliphatic carbocycles. The summed E-state index contributed by atoms with van der Waals surface area (Å²) in [7, 11) is 0. The maximum absolute atomic E-state index is 12.1. The number of para-hydroxylation sites is 1. The van der Waals surface area contributed by atoms with Crippen LogP contribution < -0.4 is 5.69 Å². The number of aliphatic hydroxyl groups is 1. The van der Waals surface area contributed by atoms with Gasteiger partial charge >= 0.3 is 5.69 Å². The van der Waals surface area contributed by atoms with E-state index in [4.69, 9.17) is 0 Å². The van der Waals surface area contributed by atoms with E-state index >= 15 is 0 Å². The van der Waals surface area contributed by atoms with Crippen molar-refractivity contribution in [2.75, 3.05) is 0 Å². The highest BCUT2D eigenvalue weighted by atomic mass is 16.3. The van der Waals surface area contributed by atoms with Crippen LogP contribution in [0, 0.1) is 0 Å². The van der Waals surface area contributed by atoms with Gasteiger partial charge in [0.1, 0.15) is 0 Å². The number of hydrogen-bond acceptors (Lipinski definition) is 2. The number of nitrogens with zero attached hydrogens (tertiary/aromatic N) is 2. The average Bonchev–Trinajstić information content (AvgIpc) is 2.71. The highest BCUT2D eigenvalue weighted by molar-refractivity contribution is 5.40. The number of imidazole rings is 1. The predicted octanol–water partition coefficient (Wildman–Crippen LogP) is 1.71. The van der Waals surface area contributed by atoms with E-state index in [2.05, 4.69) is 0 Å². The van der Waals surface area contributed by atoms with Crippen molar-refractivity contribution >= 4 is 0 Å². The maximum Gasteiger partial charge on any atom is 0.332 e. The Balaban J connectivity index is 2.58. The van der Waals surface area contributed by atoms with Gasteiger partial charge in [-0.2, -0.15) is 0 Å². The lowest BCUT2D eigenvalue weighted by Crippen LogP contribution is -2.24. The van der Waals surface area contributed by atoms with Gasteiger partial charge in [0, 0.05) is 24.0 Å². The molecule has 4 nitrogen and oxygen atoms in total.